The van der Waals surface area contributed by atoms with Crippen molar-refractivity contribution in [3.8, 4) is 5.69 Å². The van der Waals surface area contributed by atoms with Crippen LogP contribution in [-0.4, -0.2) is 20.3 Å². The van der Waals surface area contributed by atoms with Gasteiger partial charge in [0.1, 0.15) is 6.54 Å². The highest BCUT2D eigenvalue weighted by atomic mass is 16.2. The van der Waals surface area contributed by atoms with E-state index in [0.717, 1.165) is 21.8 Å². The summed E-state index contributed by atoms with van der Waals surface area (Å²) in [5.74, 6) is -0.336. The summed E-state index contributed by atoms with van der Waals surface area (Å²) in [7, 11) is 0. The van der Waals surface area contributed by atoms with Crippen molar-refractivity contribution < 1.29 is 4.79 Å². The van der Waals surface area contributed by atoms with Crippen molar-refractivity contribution in [3.63, 3.8) is 0 Å². The van der Waals surface area contributed by atoms with Crippen LogP contribution >= 0.6 is 0 Å². The van der Waals surface area contributed by atoms with Crippen molar-refractivity contribution in [1.82, 2.24) is 19.8 Å². The van der Waals surface area contributed by atoms with Gasteiger partial charge in [0.05, 0.1) is 11.4 Å². The molecule has 8 nitrogen and oxygen atoms in total. The number of carbonyl (C=O) groups is 1. The molecule has 32 heavy (non-hydrogen) atoms. The van der Waals surface area contributed by atoms with Gasteiger partial charge in [-0.1, -0.05) is 59.8 Å². The molecule has 0 atom stereocenters. The Morgan fingerprint density at radius 2 is 1.50 bits per heavy atom. The lowest BCUT2D eigenvalue weighted by Crippen LogP contribution is -2.22. The first-order valence-corrected chi connectivity index (χ1v) is 10.2. The molecule has 2 aromatic heterocycles. The summed E-state index contributed by atoms with van der Waals surface area (Å²) in [4.78, 5) is 25.3. The van der Waals surface area contributed by atoms with Gasteiger partial charge in [0.15, 0.2) is 5.69 Å². The highest BCUT2D eigenvalue weighted by Crippen LogP contribution is 2.28. The number of aromatic nitrogens is 3. The molecule has 2 heterocycles. The van der Waals surface area contributed by atoms with Gasteiger partial charge in [0.25, 0.3) is 11.5 Å². The van der Waals surface area contributed by atoms with E-state index in [1.165, 1.54) is 4.68 Å². The van der Waals surface area contributed by atoms with Gasteiger partial charge >= 0.3 is 0 Å². The molecule has 2 N–H and O–H groups in total. The lowest BCUT2D eigenvalue weighted by atomic mass is 10.2. The molecule has 0 saturated heterocycles. The zero-order chi connectivity index (χ0) is 22.1. The summed E-state index contributed by atoms with van der Waals surface area (Å²) in [6.45, 7) is 1.81. The number of carbonyl (C=O) groups excluding carboxylic acids is 1. The van der Waals surface area contributed by atoms with Crippen molar-refractivity contribution in [2.45, 2.75) is 13.5 Å². The van der Waals surface area contributed by atoms with Crippen LogP contribution in [0.2, 0.25) is 0 Å². The van der Waals surface area contributed by atoms with Crippen LogP contribution in [0.3, 0.4) is 0 Å². The molecule has 158 valence electrons. The summed E-state index contributed by atoms with van der Waals surface area (Å²) in [6, 6.07) is 25.1. The maximum Gasteiger partial charge on any atom is 0.299 e. The molecule has 0 spiro atoms. The van der Waals surface area contributed by atoms with Gasteiger partial charge in [-0.2, -0.15) is 0 Å². The second-order valence-corrected chi connectivity index (χ2v) is 7.42. The quantitative estimate of drug-likeness (QED) is 0.323. The van der Waals surface area contributed by atoms with Gasteiger partial charge in [-0.05, 0) is 31.2 Å². The fourth-order valence-electron chi connectivity index (χ4n) is 3.90. The number of nitrogens with zero attached hydrogens (tertiary/aromatic N) is 4. The monoisotopic (exact) mass is 424 g/mol. The maximum atomic E-state index is 12.7. The number of rotatable bonds is 5. The first-order valence-electron chi connectivity index (χ1n) is 10.2. The molecular weight excluding hydrogens is 404 g/mol. The van der Waals surface area contributed by atoms with Gasteiger partial charge in [-0.15, -0.1) is 5.11 Å². The molecule has 0 fully saturated rings. The first-order chi connectivity index (χ1) is 15.6. The Morgan fingerprint density at radius 3 is 2.16 bits per heavy atom. The standard InChI is InChI=1S/C24H20N6O2/c1-16-23(24(32)30(27-16)17-9-3-2-4-10-17)26-28-25-22(31)15-29-20-13-7-5-11-18(20)19-12-6-8-14-21(19)29/h2-14,27H,15H2,1H3,(H,25,26,31). The Morgan fingerprint density at radius 1 is 0.906 bits per heavy atom. The average molecular weight is 424 g/mol. The number of hydrogen-bond donors (Lipinski definition) is 2. The molecule has 0 unspecified atom stereocenters. The lowest BCUT2D eigenvalue weighted by Gasteiger charge is -2.05. The van der Waals surface area contributed by atoms with Crippen LogP contribution in [0, 0.1) is 6.92 Å². The second kappa shape index (κ2) is 7.99. The number of benzene rings is 3. The summed E-state index contributed by atoms with van der Waals surface area (Å²) in [5.41, 5.74) is 5.42. The predicted octanol–water partition coefficient (Wildman–Crippen LogP) is 4.40. The molecule has 5 aromatic rings. The number of amides is 1. The van der Waals surface area contributed by atoms with Crippen molar-refractivity contribution >= 4 is 33.4 Å². The Labute approximate surface area is 182 Å². The van der Waals surface area contributed by atoms with E-state index in [-0.39, 0.29) is 23.7 Å². The lowest BCUT2D eigenvalue weighted by molar-refractivity contribution is -0.121. The zero-order valence-electron chi connectivity index (χ0n) is 17.3. The minimum absolute atomic E-state index is 0.0768. The second-order valence-electron chi connectivity index (χ2n) is 7.42. The van der Waals surface area contributed by atoms with Crippen molar-refractivity contribution in [2.75, 3.05) is 0 Å². The van der Waals surface area contributed by atoms with Gasteiger partial charge in [-0.3, -0.25) is 14.7 Å². The highest BCUT2D eigenvalue weighted by Gasteiger charge is 2.14. The highest BCUT2D eigenvalue weighted by molar-refractivity contribution is 6.08. The first kappa shape index (κ1) is 19.5. The SMILES string of the molecule is Cc1[nH]n(-c2ccccc2)c(=O)c1N=NNC(=O)Cn1c2ccccc2c2ccccc21. The number of nitrogens with one attached hydrogen (secondary N) is 2. The predicted molar refractivity (Wildman–Crippen MR) is 123 cm³/mol. The third kappa shape index (κ3) is 3.37. The summed E-state index contributed by atoms with van der Waals surface area (Å²) in [5, 5.41) is 12.9. The Balaban J connectivity index is 1.37. The van der Waals surface area contributed by atoms with E-state index < -0.39 is 0 Å². The number of hydrogen-bond acceptors (Lipinski definition) is 4. The molecule has 0 aliphatic rings. The smallest absolute Gasteiger partial charge is 0.299 e. The normalized spacial score (nSPS) is 11.5. The van der Waals surface area contributed by atoms with E-state index in [9.17, 15) is 9.59 Å². The van der Waals surface area contributed by atoms with Crippen LogP contribution in [0.15, 0.2) is 94.0 Å². The van der Waals surface area contributed by atoms with Crippen LogP contribution in [0.25, 0.3) is 27.5 Å². The van der Waals surface area contributed by atoms with Crippen molar-refractivity contribution in [1.29, 1.82) is 0 Å². The minimum Gasteiger partial charge on any atom is -0.331 e. The fourth-order valence-corrected chi connectivity index (χ4v) is 3.90. The Kier molecular flexibility index (Phi) is 4.87. The van der Waals surface area contributed by atoms with Crippen molar-refractivity contribution in [3.05, 3.63) is 94.9 Å². The van der Waals surface area contributed by atoms with E-state index in [1.54, 1.807) is 6.92 Å². The molecule has 0 radical (unpaired) electrons. The third-order valence-electron chi connectivity index (χ3n) is 5.36. The molecule has 3 aromatic carbocycles. The summed E-state index contributed by atoms with van der Waals surface area (Å²) >= 11 is 0. The molecule has 1 amide bonds. The van der Waals surface area contributed by atoms with Gasteiger partial charge in [-0.25, -0.2) is 10.1 Å². The van der Waals surface area contributed by atoms with Crippen LogP contribution in [-0.2, 0) is 11.3 Å². The summed E-state index contributed by atoms with van der Waals surface area (Å²) in [6.07, 6.45) is 0. The van der Waals surface area contributed by atoms with Crippen molar-refractivity contribution in [2.24, 2.45) is 10.3 Å². The average Bonchev–Trinajstić information content (AvgIpc) is 3.29. The number of aromatic amines is 1. The minimum atomic E-state index is -0.339. The van der Waals surface area contributed by atoms with Gasteiger partial charge < -0.3 is 4.57 Å². The van der Waals surface area contributed by atoms with E-state index in [2.05, 4.69) is 20.9 Å². The van der Waals surface area contributed by atoms with E-state index >= 15 is 0 Å². The van der Waals surface area contributed by atoms with Crippen LogP contribution < -0.4 is 11.0 Å². The molecule has 8 heteroatoms. The van der Waals surface area contributed by atoms with E-state index in [0.29, 0.717) is 11.4 Å². The zero-order valence-corrected chi connectivity index (χ0v) is 17.3. The van der Waals surface area contributed by atoms with E-state index in [1.807, 2.05) is 83.4 Å². The molecule has 0 aliphatic carbocycles. The number of para-hydroxylation sites is 3. The van der Waals surface area contributed by atoms with E-state index in [4.69, 9.17) is 0 Å². The Hall–Kier alpha value is -4.46. The maximum absolute atomic E-state index is 12.7. The molecule has 0 bridgehead atoms. The summed E-state index contributed by atoms with van der Waals surface area (Å²) < 4.78 is 3.34. The number of H-pyrrole nitrogens is 1. The Bertz CT molecular complexity index is 1470. The largest absolute Gasteiger partial charge is 0.331 e. The van der Waals surface area contributed by atoms with Crippen LogP contribution in [0.1, 0.15) is 5.69 Å². The topological polar surface area (TPSA) is 96.5 Å². The van der Waals surface area contributed by atoms with Crippen LogP contribution in [0.4, 0.5) is 5.69 Å². The third-order valence-corrected chi connectivity index (χ3v) is 5.36. The number of fused-ring (bicyclic) bond motifs is 3. The van der Waals surface area contributed by atoms with Crippen LogP contribution in [0.5, 0.6) is 0 Å². The molecule has 0 aliphatic heterocycles. The fraction of sp³-hybridized carbons (Fsp3) is 0.0833. The van der Waals surface area contributed by atoms with Gasteiger partial charge in [0.2, 0.25) is 0 Å². The molecular formula is C24H20N6O2. The number of aryl methyl sites for hydroxylation is 1. The molecule has 0 saturated carbocycles. The van der Waals surface area contributed by atoms with Gasteiger partial charge in [0, 0.05) is 21.8 Å². The molecule has 5 rings (SSSR count).